The van der Waals surface area contributed by atoms with E-state index in [4.69, 9.17) is 9.47 Å². The number of carbonyl (C=O) groups is 3. The predicted molar refractivity (Wildman–Crippen MR) is 240 cm³/mol. The van der Waals surface area contributed by atoms with Gasteiger partial charge in [0, 0.05) is 57.6 Å². The van der Waals surface area contributed by atoms with Crippen LogP contribution in [0.5, 0.6) is 0 Å². The number of ketones is 1. The fourth-order valence-corrected chi connectivity index (χ4v) is 10.3. The minimum absolute atomic E-state index is 0.00752. The van der Waals surface area contributed by atoms with E-state index in [-0.39, 0.29) is 54.3 Å². The van der Waals surface area contributed by atoms with Gasteiger partial charge in [0.1, 0.15) is 18.3 Å². The number of aromatic nitrogens is 2. The smallest absolute Gasteiger partial charge is 0.320 e. The van der Waals surface area contributed by atoms with E-state index in [0.29, 0.717) is 28.1 Å². The van der Waals surface area contributed by atoms with Crippen LogP contribution in [0, 0.1) is 49.4 Å². The number of aliphatic hydroxyl groups excluding tert-OH is 1. The molecule has 3 aliphatic heterocycles. The van der Waals surface area contributed by atoms with Crippen molar-refractivity contribution in [3.63, 3.8) is 0 Å². The number of allylic oxidation sites excluding steroid dienone is 3. The molecule has 2 aromatic heterocycles. The Labute approximate surface area is 356 Å². The molecule has 10 nitrogen and oxygen atoms in total. The molecule has 1 aliphatic carbocycles. The summed E-state index contributed by atoms with van der Waals surface area (Å²) in [6.45, 7) is 21.3. The second-order valence-corrected chi connectivity index (χ2v) is 18.6. The highest BCUT2D eigenvalue weighted by Crippen LogP contribution is 2.41. The van der Waals surface area contributed by atoms with Crippen molar-refractivity contribution in [1.82, 2.24) is 20.6 Å². The maximum Gasteiger partial charge on any atom is 0.320 e. The molecule has 60 heavy (non-hydrogen) atoms. The molecule has 5 N–H and O–H groups in total. The largest absolute Gasteiger partial charge is 0.510 e. The molecule has 1 fully saturated rings. The lowest BCUT2D eigenvalue weighted by atomic mass is 9.79. The summed E-state index contributed by atoms with van der Waals surface area (Å²) in [5.74, 6) is -0.382. The number of aliphatic hydroxyl groups is 1. The molecule has 0 amide bonds. The second kappa shape index (κ2) is 19.0. The molecule has 0 spiro atoms. The number of ether oxygens (including phenoxy) is 2. The lowest BCUT2D eigenvalue weighted by molar-refractivity contribution is -0.143. The first kappa shape index (κ1) is 45.0. The topological polar surface area (TPSA) is 146 Å². The molecule has 7 atom stereocenters. The Morgan fingerprint density at radius 1 is 0.950 bits per heavy atom. The molecule has 6 rings (SSSR count). The van der Waals surface area contributed by atoms with E-state index < -0.39 is 17.9 Å². The van der Waals surface area contributed by atoms with Crippen LogP contribution in [0.1, 0.15) is 140 Å². The summed E-state index contributed by atoms with van der Waals surface area (Å²) in [4.78, 5) is 47.5. The molecule has 5 heterocycles. The third-order valence-electron chi connectivity index (χ3n) is 14.0. The number of hydrogen-bond acceptors (Lipinski definition) is 8. The average molecular weight is 823 g/mol. The van der Waals surface area contributed by atoms with Gasteiger partial charge in [0.05, 0.1) is 17.8 Å². The van der Waals surface area contributed by atoms with Crippen LogP contribution in [-0.2, 0) is 19.1 Å². The highest BCUT2D eigenvalue weighted by Gasteiger charge is 2.48. The van der Waals surface area contributed by atoms with Crippen LogP contribution >= 0.6 is 0 Å². The van der Waals surface area contributed by atoms with E-state index in [1.54, 1.807) is 6.92 Å². The highest BCUT2D eigenvalue weighted by molar-refractivity contribution is 5.97. The normalized spacial score (nSPS) is 26.0. The number of fused-ring (bicyclic) bond motifs is 8. The van der Waals surface area contributed by atoms with E-state index >= 15 is 0 Å². The van der Waals surface area contributed by atoms with Gasteiger partial charge in [-0.1, -0.05) is 65.9 Å². The van der Waals surface area contributed by atoms with Crippen LogP contribution < -0.4 is 31.9 Å². The first-order valence-electron chi connectivity index (χ1n) is 22.5. The van der Waals surface area contributed by atoms with E-state index in [0.717, 1.165) is 70.0 Å². The molecule has 8 bridgehead atoms. The summed E-state index contributed by atoms with van der Waals surface area (Å²) in [5, 5.41) is 22.4. The van der Waals surface area contributed by atoms with Crippen molar-refractivity contribution >= 4 is 47.3 Å². The van der Waals surface area contributed by atoms with Gasteiger partial charge in [0.25, 0.3) is 0 Å². The standard InChI is InChI=1S/C50H70N4O6/c1-12-34-29(6)36-25-41-43(33(10)55)31(8)38(52-41)23-37-30(7)35(19-20-42(56)60-22-21-28(5)18-14-17-27(4)16-13-15-26(2)3)47(53-37)45-46(50(58)59-11)49(57)44-32(9)39(54-48(44)45)24-40(34)51-36/h21,23-27,30,34-35,37,46-47,51-54,57H,12-20,22H2,1-11H3/b28-21+,38-23-,40-24-,41-25-/t27-,30+,34-,35+,37?,46-,47?/m1/s1. The maximum atomic E-state index is 13.6. The summed E-state index contributed by atoms with van der Waals surface area (Å²) in [6, 6.07) is -0.605. The van der Waals surface area contributed by atoms with E-state index in [1.807, 2.05) is 19.9 Å². The van der Waals surface area contributed by atoms with Crippen LogP contribution in [0.3, 0.4) is 0 Å². The van der Waals surface area contributed by atoms with Gasteiger partial charge in [0.15, 0.2) is 5.78 Å². The molecule has 2 aromatic rings. The van der Waals surface area contributed by atoms with Crippen molar-refractivity contribution in [3.8, 4) is 0 Å². The Morgan fingerprint density at radius 3 is 2.37 bits per heavy atom. The van der Waals surface area contributed by atoms with Crippen molar-refractivity contribution in [1.29, 1.82) is 0 Å². The predicted octanol–water partition coefficient (Wildman–Crippen LogP) is 6.80. The lowest BCUT2D eigenvalue weighted by Gasteiger charge is -2.26. The fourth-order valence-electron chi connectivity index (χ4n) is 10.3. The summed E-state index contributed by atoms with van der Waals surface area (Å²) >= 11 is 0. The average Bonchev–Trinajstić information content (AvgIpc) is 3.94. The Kier molecular flexibility index (Phi) is 14.2. The van der Waals surface area contributed by atoms with Crippen molar-refractivity contribution in [2.45, 2.75) is 139 Å². The molecule has 1 saturated heterocycles. The monoisotopic (exact) mass is 823 g/mol. The van der Waals surface area contributed by atoms with Gasteiger partial charge in [-0.15, -0.1) is 0 Å². The van der Waals surface area contributed by atoms with Gasteiger partial charge >= 0.3 is 11.9 Å². The molecule has 0 saturated carbocycles. The fraction of sp³-hybridized carbons (Fsp3) is 0.580. The van der Waals surface area contributed by atoms with Gasteiger partial charge in [0.2, 0.25) is 0 Å². The Bertz CT molecular complexity index is 2340. The molecular formula is C50H70N4O6. The number of esters is 2. The zero-order valence-electron chi connectivity index (χ0n) is 38.0. The zero-order chi connectivity index (χ0) is 43.6. The number of nitrogens with one attached hydrogen (secondary N) is 4. The SMILES string of the molecule is CC[C@@H]1C(C)=C2/C=c3\[nH]/c(c(C)c3C(C)=O)=C\C3NC(C4=c5[nH]c(c(C)c5=C(O)[C@@H]4C(=O)OC)/C=C/1N2)[C@@H](CCC(=O)OC/C=C(\C)CCC[C@H](C)CCCC(C)C)[C@@H]3C. The van der Waals surface area contributed by atoms with Gasteiger partial charge in [-0.3, -0.25) is 14.4 Å². The number of aromatic amines is 2. The molecule has 2 unspecified atom stereocenters. The number of carbonyl (C=O) groups excluding carboxylic acids is 3. The second-order valence-electron chi connectivity index (χ2n) is 18.6. The third kappa shape index (κ3) is 9.19. The highest BCUT2D eigenvalue weighted by atomic mass is 16.5. The Hall–Kier alpha value is -4.57. The van der Waals surface area contributed by atoms with Gasteiger partial charge in [-0.25, -0.2) is 0 Å². The molecule has 0 radical (unpaired) electrons. The minimum atomic E-state index is -1.01. The van der Waals surface area contributed by atoms with Gasteiger partial charge < -0.3 is 35.2 Å². The summed E-state index contributed by atoms with van der Waals surface area (Å²) < 4.78 is 11.1. The first-order chi connectivity index (χ1) is 28.6. The zero-order valence-corrected chi connectivity index (χ0v) is 38.0. The maximum absolute atomic E-state index is 13.6. The number of hydrogen-bond donors (Lipinski definition) is 5. The van der Waals surface area contributed by atoms with Crippen molar-refractivity contribution in [3.05, 3.63) is 72.3 Å². The minimum Gasteiger partial charge on any atom is -0.510 e. The first-order valence-corrected chi connectivity index (χ1v) is 22.5. The lowest BCUT2D eigenvalue weighted by Crippen LogP contribution is -2.39. The van der Waals surface area contributed by atoms with Crippen LogP contribution in [0.4, 0.5) is 0 Å². The summed E-state index contributed by atoms with van der Waals surface area (Å²) in [7, 11) is 1.35. The number of methoxy groups -OCH3 is 1. The van der Waals surface area contributed by atoms with Gasteiger partial charge in [-0.05, 0) is 131 Å². The van der Waals surface area contributed by atoms with Crippen molar-refractivity contribution in [2.24, 2.45) is 35.5 Å². The molecular weight excluding hydrogens is 753 g/mol. The van der Waals surface area contributed by atoms with E-state index in [1.165, 1.54) is 43.9 Å². The van der Waals surface area contributed by atoms with Crippen LogP contribution in [-0.4, -0.2) is 58.6 Å². The number of rotatable bonds is 16. The Morgan fingerprint density at radius 2 is 1.68 bits per heavy atom. The van der Waals surface area contributed by atoms with E-state index in [9.17, 15) is 19.5 Å². The van der Waals surface area contributed by atoms with Crippen LogP contribution in [0.15, 0.2) is 28.6 Å². The quantitative estimate of drug-likeness (QED) is 0.0707. The summed E-state index contributed by atoms with van der Waals surface area (Å²) in [6.07, 6.45) is 17.1. The Balaban J connectivity index is 1.33. The van der Waals surface area contributed by atoms with E-state index in [2.05, 4.69) is 87.3 Å². The number of H-pyrrole nitrogens is 2. The number of Topliss-reactive ketones (excluding diaryl/α,β-unsaturated/α-hetero) is 1. The third-order valence-corrected chi connectivity index (χ3v) is 14.0. The van der Waals surface area contributed by atoms with Crippen LogP contribution in [0.2, 0.25) is 0 Å². The molecule has 326 valence electrons. The molecule has 4 aliphatic rings. The van der Waals surface area contributed by atoms with Crippen LogP contribution in [0.25, 0.3) is 29.6 Å². The summed E-state index contributed by atoms with van der Waals surface area (Å²) in [5.41, 5.74) is 8.29. The molecule has 10 heteroatoms. The van der Waals surface area contributed by atoms with Gasteiger partial charge in [-0.2, -0.15) is 0 Å². The molecule has 0 aromatic carbocycles. The van der Waals surface area contributed by atoms with Crippen molar-refractivity contribution in [2.75, 3.05) is 13.7 Å². The van der Waals surface area contributed by atoms with Crippen molar-refractivity contribution < 1.29 is 29.0 Å².